The standard InChI is InChI=1S/C20H23N3O5S/c1-14(24)21-15-5-7-16(8-6-15)22-29(26,27)17-9-10-19(28-2)18(13-17)20(25)23-11-3-4-12-23/h5-10,13,22H,3-4,11-12H2,1-2H3,(H,21,24). The molecule has 0 spiro atoms. The Hall–Kier alpha value is -3.07. The molecule has 0 aromatic heterocycles. The highest BCUT2D eigenvalue weighted by molar-refractivity contribution is 7.92. The Morgan fingerprint density at radius 2 is 1.62 bits per heavy atom. The summed E-state index contributed by atoms with van der Waals surface area (Å²) in [4.78, 5) is 25.5. The van der Waals surface area contributed by atoms with E-state index in [0.717, 1.165) is 12.8 Å². The van der Waals surface area contributed by atoms with Crippen molar-refractivity contribution in [1.29, 1.82) is 0 Å². The summed E-state index contributed by atoms with van der Waals surface area (Å²) in [7, 11) is -2.47. The molecule has 0 saturated carbocycles. The zero-order valence-corrected chi connectivity index (χ0v) is 17.1. The maximum Gasteiger partial charge on any atom is 0.261 e. The van der Waals surface area contributed by atoms with Crippen LogP contribution >= 0.6 is 0 Å². The van der Waals surface area contributed by atoms with Crippen LogP contribution in [0.1, 0.15) is 30.1 Å². The van der Waals surface area contributed by atoms with Crippen molar-refractivity contribution in [2.45, 2.75) is 24.7 Å². The summed E-state index contributed by atoms with van der Waals surface area (Å²) >= 11 is 0. The molecule has 2 amide bonds. The van der Waals surface area contributed by atoms with Crippen molar-refractivity contribution in [3.63, 3.8) is 0 Å². The van der Waals surface area contributed by atoms with E-state index in [4.69, 9.17) is 4.74 Å². The Morgan fingerprint density at radius 3 is 2.21 bits per heavy atom. The second-order valence-electron chi connectivity index (χ2n) is 6.73. The van der Waals surface area contributed by atoms with Gasteiger partial charge in [0.25, 0.3) is 15.9 Å². The highest BCUT2D eigenvalue weighted by atomic mass is 32.2. The number of ether oxygens (including phenoxy) is 1. The van der Waals surface area contributed by atoms with Crippen molar-refractivity contribution in [2.75, 3.05) is 30.2 Å². The van der Waals surface area contributed by atoms with Gasteiger partial charge in [-0.1, -0.05) is 0 Å². The van der Waals surface area contributed by atoms with Gasteiger partial charge in [-0.05, 0) is 55.3 Å². The Labute approximate surface area is 169 Å². The quantitative estimate of drug-likeness (QED) is 0.752. The summed E-state index contributed by atoms with van der Waals surface area (Å²) in [6.45, 7) is 2.69. The molecule has 154 valence electrons. The van der Waals surface area contributed by atoms with Gasteiger partial charge in [0.15, 0.2) is 0 Å². The second-order valence-corrected chi connectivity index (χ2v) is 8.41. The van der Waals surface area contributed by atoms with Gasteiger partial charge in [-0.25, -0.2) is 8.42 Å². The number of rotatable bonds is 6. The van der Waals surface area contributed by atoms with Crippen LogP contribution in [-0.4, -0.2) is 45.3 Å². The average molecular weight is 417 g/mol. The third kappa shape index (κ3) is 4.86. The molecule has 29 heavy (non-hydrogen) atoms. The Morgan fingerprint density at radius 1 is 1.00 bits per heavy atom. The van der Waals surface area contributed by atoms with Crippen LogP contribution in [-0.2, 0) is 14.8 Å². The molecular weight excluding hydrogens is 394 g/mol. The van der Waals surface area contributed by atoms with Crippen LogP contribution in [0.25, 0.3) is 0 Å². The molecule has 1 saturated heterocycles. The van der Waals surface area contributed by atoms with Gasteiger partial charge >= 0.3 is 0 Å². The predicted molar refractivity (Wildman–Crippen MR) is 110 cm³/mol. The smallest absolute Gasteiger partial charge is 0.261 e. The van der Waals surface area contributed by atoms with E-state index in [-0.39, 0.29) is 22.3 Å². The average Bonchev–Trinajstić information content (AvgIpc) is 3.22. The maximum atomic E-state index is 12.8. The lowest BCUT2D eigenvalue weighted by atomic mass is 10.1. The first-order chi connectivity index (χ1) is 13.8. The van der Waals surface area contributed by atoms with E-state index in [1.54, 1.807) is 29.2 Å². The number of anilines is 2. The van der Waals surface area contributed by atoms with Crippen LogP contribution in [0, 0.1) is 0 Å². The van der Waals surface area contributed by atoms with Gasteiger partial charge in [0.1, 0.15) is 5.75 Å². The van der Waals surface area contributed by atoms with E-state index in [1.165, 1.54) is 32.2 Å². The minimum atomic E-state index is -3.92. The number of hydrogen-bond acceptors (Lipinski definition) is 5. The van der Waals surface area contributed by atoms with Crippen LogP contribution in [0.5, 0.6) is 5.75 Å². The van der Waals surface area contributed by atoms with E-state index < -0.39 is 10.0 Å². The SMILES string of the molecule is COc1ccc(S(=O)(=O)Nc2ccc(NC(C)=O)cc2)cc1C(=O)N1CCCC1. The zero-order valence-electron chi connectivity index (χ0n) is 16.3. The Bertz CT molecular complexity index is 1010. The van der Waals surface area contributed by atoms with Crippen LogP contribution in [0.3, 0.4) is 0 Å². The third-order valence-electron chi connectivity index (χ3n) is 4.56. The number of amides is 2. The van der Waals surface area contributed by atoms with Gasteiger partial charge in [0.05, 0.1) is 17.6 Å². The number of likely N-dealkylation sites (tertiary alicyclic amines) is 1. The monoisotopic (exact) mass is 417 g/mol. The topological polar surface area (TPSA) is 105 Å². The molecule has 0 bridgehead atoms. The molecule has 2 aromatic rings. The molecule has 1 fully saturated rings. The summed E-state index contributed by atoms with van der Waals surface area (Å²) in [6.07, 6.45) is 1.87. The molecule has 1 aliphatic rings. The van der Waals surface area contributed by atoms with E-state index in [1.807, 2.05) is 0 Å². The number of nitrogens with zero attached hydrogens (tertiary/aromatic N) is 1. The molecule has 0 unspecified atom stereocenters. The van der Waals surface area contributed by atoms with Crippen molar-refractivity contribution in [3.8, 4) is 5.75 Å². The molecule has 8 nitrogen and oxygen atoms in total. The third-order valence-corrected chi connectivity index (χ3v) is 5.94. The van der Waals surface area contributed by atoms with Gasteiger partial charge in [-0.2, -0.15) is 0 Å². The number of carbonyl (C=O) groups excluding carboxylic acids is 2. The molecule has 0 aliphatic carbocycles. The van der Waals surface area contributed by atoms with Crippen LogP contribution in [0.2, 0.25) is 0 Å². The minimum absolute atomic E-state index is 0.0354. The first-order valence-corrected chi connectivity index (χ1v) is 10.7. The minimum Gasteiger partial charge on any atom is -0.496 e. The van der Waals surface area contributed by atoms with Crippen LogP contribution in [0.4, 0.5) is 11.4 Å². The number of sulfonamides is 1. The first-order valence-electron chi connectivity index (χ1n) is 9.18. The summed E-state index contributed by atoms with van der Waals surface area (Å²) in [5, 5.41) is 2.61. The molecular formula is C20H23N3O5S. The van der Waals surface area contributed by atoms with Crippen molar-refractivity contribution in [3.05, 3.63) is 48.0 Å². The Kier molecular flexibility index (Phi) is 6.07. The van der Waals surface area contributed by atoms with Crippen molar-refractivity contribution >= 4 is 33.2 Å². The number of benzene rings is 2. The fraction of sp³-hybridized carbons (Fsp3) is 0.300. The largest absolute Gasteiger partial charge is 0.496 e. The summed E-state index contributed by atoms with van der Waals surface area (Å²) in [6, 6.07) is 10.5. The van der Waals surface area contributed by atoms with Crippen LogP contribution < -0.4 is 14.8 Å². The lowest BCUT2D eigenvalue weighted by molar-refractivity contribution is -0.114. The summed E-state index contributed by atoms with van der Waals surface area (Å²) in [5.74, 6) is -0.122. The maximum absolute atomic E-state index is 12.8. The molecule has 3 rings (SSSR count). The molecule has 1 heterocycles. The van der Waals surface area contributed by atoms with Crippen LogP contribution in [0.15, 0.2) is 47.4 Å². The Balaban J connectivity index is 1.85. The van der Waals surface area contributed by atoms with E-state index in [0.29, 0.717) is 30.2 Å². The number of methoxy groups -OCH3 is 1. The number of nitrogens with one attached hydrogen (secondary N) is 2. The first kappa shape index (κ1) is 20.7. The van der Waals surface area contributed by atoms with Gasteiger partial charge in [-0.15, -0.1) is 0 Å². The molecule has 2 aromatic carbocycles. The highest BCUT2D eigenvalue weighted by Crippen LogP contribution is 2.27. The zero-order chi connectivity index (χ0) is 21.0. The number of carbonyl (C=O) groups is 2. The van der Waals surface area contributed by atoms with Crippen molar-refractivity contribution < 1.29 is 22.7 Å². The lowest BCUT2D eigenvalue weighted by Gasteiger charge is -2.18. The molecule has 1 aliphatic heterocycles. The van der Waals surface area contributed by atoms with Gasteiger partial charge in [0.2, 0.25) is 5.91 Å². The molecule has 0 atom stereocenters. The van der Waals surface area contributed by atoms with Gasteiger partial charge < -0.3 is 15.0 Å². The van der Waals surface area contributed by atoms with Gasteiger partial charge in [-0.3, -0.25) is 14.3 Å². The van der Waals surface area contributed by atoms with E-state index >= 15 is 0 Å². The second kappa shape index (κ2) is 8.52. The van der Waals surface area contributed by atoms with Gasteiger partial charge in [0, 0.05) is 31.4 Å². The van der Waals surface area contributed by atoms with E-state index in [2.05, 4.69) is 10.0 Å². The number of hydrogen-bond donors (Lipinski definition) is 2. The fourth-order valence-electron chi connectivity index (χ4n) is 3.15. The highest BCUT2D eigenvalue weighted by Gasteiger charge is 2.25. The molecule has 2 N–H and O–H groups in total. The fourth-order valence-corrected chi connectivity index (χ4v) is 4.24. The lowest BCUT2D eigenvalue weighted by Crippen LogP contribution is -2.28. The molecule has 0 radical (unpaired) electrons. The van der Waals surface area contributed by atoms with Crippen molar-refractivity contribution in [2.24, 2.45) is 0 Å². The van der Waals surface area contributed by atoms with E-state index in [9.17, 15) is 18.0 Å². The predicted octanol–water partition coefficient (Wildman–Crippen LogP) is 2.69. The van der Waals surface area contributed by atoms with Crippen molar-refractivity contribution in [1.82, 2.24) is 4.90 Å². The summed E-state index contributed by atoms with van der Waals surface area (Å²) < 4.78 is 33.4. The summed E-state index contributed by atoms with van der Waals surface area (Å²) in [5.41, 5.74) is 1.11. The molecule has 9 heteroatoms. The normalized spacial score (nSPS) is 13.8.